The second kappa shape index (κ2) is 8.47. The van der Waals surface area contributed by atoms with Crippen molar-refractivity contribution in [2.75, 3.05) is 13.1 Å². The van der Waals surface area contributed by atoms with E-state index in [9.17, 15) is 18.3 Å². The lowest BCUT2D eigenvalue weighted by molar-refractivity contribution is 0.0948. The van der Waals surface area contributed by atoms with E-state index in [1.807, 2.05) is 0 Å². The van der Waals surface area contributed by atoms with Crippen LogP contribution < -0.4 is 5.32 Å². The molecular weight excluding hydrogens is 447 g/mol. The van der Waals surface area contributed by atoms with E-state index < -0.39 is 21.7 Å². The molecular formula is C18H17Cl3N2O4S. The van der Waals surface area contributed by atoms with E-state index in [1.165, 1.54) is 22.5 Å². The van der Waals surface area contributed by atoms with Gasteiger partial charge in [-0.2, -0.15) is 4.31 Å². The van der Waals surface area contributed by atoms with E-state index >= 15 is 0 Å². The fraction of sp³-hybridized carbons (Fsp3) is 0.278. The molecule has 0 radical (unpaired) electrons. The summed E-state index contributed by atoms with van der Waals surface area (Å²) in [6.07, 6.45) is 1.73. The van der Waals surface area contributed by atoms with Crippen molar-refractivity contribution in [1.82, 2.24) is 9.62 Å². The van der Waals surface area contributed by atoms with Gasteiger partial charge in [0, 0.05) is 19.6 Å². The number of carbonyl (C=O) groups excluding carboxylic acids is 1. The zero-order chi connectivity index (χ0) is 20.5. The standard InChI is InChI=1S/C18H17Cl3N2O4S/c19-13-9-14(20)17(24)15(16(13)21)18(25)22-10-11-3-5-12(6-4-11)28(26,27)23-7-1-2-8-23/h3-6,9,24H,1-2,7-8,10H2,(H,22,25). The average molecular weight is 464 g/mol. The maximum atomic E-state index is 12.5. The third-order valence-electron chi connectivity index (χ3n) is 4.45. The Morgan fingerprint density at radius 1 is 1.07 bits per heavy atom. The number of phenols is 1. The number of benzene rings is 2. The Bertz CT molecular complexity index is 978. The number of aromatic hydroxyl groups is 1. The Morgan fingerprint density at radius 3 is 2.29 bits per heavy atom. The molecule has 3 rings (SSSR count). The highest BCUT2D eigenvalue weighted by atomic mass is 35.5. The van der Waals surface area contributed by atoms with Crippen LogP contribution in [0.25, 0.3) is 0 Å². The number of hydrogen-bond acceptors (Lipinski definition) is 4. The Hall–Kier alpha value is -1.51. The summed E-state index contributed by atoms with van der Waals surface area (Å²) < 4.78 is 26.5. The SMILES string of the molecule is O=C(NCc1ccc(S(=O)(=O)N2CCCC2)cc1)c1c(O)c(Cl)cc(Cl)c1Cl. The lowest BCUT2D eigenvalue weighted by Gasteiger charge is -2.15. The van der Waals surface area contributed by atoms with Crippen LogP contribution in [0, 0.1) is 0 Å². The van der Waals surface area contributed by atoms with Gasteiger partial charge in [0.05, 0.1) is 20.0 Å². The third kappa shape index (κ3) is 4.23. The summed E-state index contributed by atoms with van der Waals surface area (Å²) >= 11 is 17.7. The molecule has 1 fully saturated rings. The number of halogens is 3. The van der Waals surface area contributed by atoms with Crippen LogP contribution in [0.1, 0.15) is 28.8 Å². The van der Waals surface area contributed by atoms with Gasteiger partial charge in [-0.15, -0.1) is 0 Å². The van der Waals surface area contributed by atoms with Gasteiger partial charge in [-0.1, -0.05) is 46.9 Å². The van der Waals surface area contributed by atoms with Gasteiger partial charge in [0.2, 0.25) is 10.0 Å². The van der Waals surface area contributed by atoms with E-state index in [2.05, 4.69) is 5.32 Å². The first kappa shape index (κ1) is 21.2. The molecule has 1 saturated heterocycles. The van der Waals surface area contributed by atoms with Crippen molar-refractivity contribution in [2.45, 2.75) is 24.3 Å². The van der Waals surface area contributed by atoms with Gasteiger partial charge in [0.25, 0.3) is 5.91 Å². The summed E-state index contributed by atoms with van der Waals surface area (Å²) in [6.45, 7) is 1.17. The lowest BCUT2D eigenvalue weighted by Crippen LogP contribution is -2.28. The molecule has 1 aliphatic rings. The van der Waals surface area contributed by atoms with Gasteiger partial charge in [-0.25, -0.2) is 8.42 Å². The molecule has 6 nitrogen and oxygen atoms in total. The molecule has 0 aliphatic carbocycles. The number of amides is 1. The number of phenolic OH excluding ortho intramolecular Hbond substituents is 1. The first-order chi connectivity index (χ1) is 13.2. The molecule has 10 heteroatoms. The molecule has 150 valence electrons. The highest BCUT2D eigenvalue weighted by Crippen LogP contribution is 2.38. The van der Waals surface area contributed by atoms with Gasteiger partial charge in [-0.3, -0.25) is 4.79 Å². The van der Waals surface area contributed by atoms with Gasteiger partial charge in [-0.05, 0) is 36.6 Å². The topological polar surface area (TPSA) is 86.7 Å². The second-order valence-electron chi connectivity index (χ2n) is 6.32. The third-order valence-corrected chi connectivity index (χ3v) is 7.44. The summed E-state index contributed by atoms with van der Waals surface area (Å²) in [7, 11) is -3.48. The lowest BCUT2D eigenvalue weighted by atomic mass is 10.1. The predicted molar refractivity (Wildman–Crippen MR) is 109 cm³/mol. The molecule has 1 aliphatic heterocycles. The van der Waals surface area contributed by atoms with E-state index in [4.69, 9.17) is 34.8 Å². The highest BCUT2D eigenvalue weighted by Gasteiger charge is 2.27. The van der Waals surface area contributed by atoms with Crippen LogP contribution in [0.4, 0.5) is 0 Å². The van der Waals surface area contributed by atoms with Crippen molar-refractivity contribution in [3.8, 4) is 5.75 Å². The molecule has 0 saturated carbocycles. The van der Waals surface area contributed by atoms with Crippen molar-refractivity contribution in [1.29, 1.82) is 0 Å². The van der Waals surface area contributed by atoms with Crippen molar-refractivity contribution >= 4 is 50.7 Å². The second-order valence-corrected chi connectivity index (χ2v) is 9.45. The fourth-order valence-electron chi connectivity index (χ4n) is 2.92. The van der Waals surface area contributed by atoms with Crippen LogP contribution >= 0.6 is 34.8 Å². The molecule has 0 aromatic heterocycles. The Labute approximate surface area is 178 Å². The van der Waals surface area contributed by atoms with Gasteiger partial charge in [0.15, 0.2) is 0 Å². The number of nitrogens with one attached hydrogen (secondary N) is 1. The highest BCUT2D eigenvalue weighted by molar-refractivity contribution is 7.89. The van der Waals surface area contributed by atoms with E-state index in [0.29, 0.717) is 18.7 Å². The number of sulfonamides is 1. The molecule has 2 N–H and O–H groups in total. The van der Waals surface area contributed by atoms with E-state index in [0.717, 1.165) is 12.8 Å². The molecule has 1 amide bonds. The maximum Gasteiger partial charge on any atom is 0.256 e. The summed E-state index contributed by atoms with van der Waals surface area (Å²) in [5.74, 6) is -1.11. The first-order valence-electron chi connectivity index (χ1n) is 8.45. The van der Waals surface area contributed by atoms with Gasteiger partial charge in [0.1, 0.15) is 11.3 Å². The minimum Gasteiger partial charge on any atom is -0.505 e. The van der Waals surface area contributed by atoms with Crippen molar-refractivity contribution in [3.63, 3.8) is 0 Å². The van der Waals surface area contributed by atoms with Crippen LogP contribution in [0.15, 0.2) is 35.2 Å². The number of hydrogen-bond donors (Lipinski definition) is 2. The first-order valence-corrected chi connectivity index (χ1v) is 11.0. The van der Waals surface area contributed by atoms with Crippen molar-refractivity contribution in [2.24, 2.45) is 0 Å². The largest absolute Gasteiger partial charge is 0.505 e. The van der Waals surface area contributed by atoms with Crippen LogP contribution in [-0.4, -0.2) is 36.8 Å². The van der Waals surface area contributed by atoms with E-state index in [-0.39, 0.29) is 32.1 Å². The average Bonchev–Trinajstić information content (AvgIpc) is 3.21. The Morgan fingerprint density at radius 2 is 1.68 bits per heavy atom. The number of nitrogens with zero attached hydrogens (tertiary/aromatic N) is 1. The Kier molecular flexibility index (Phi) is 6.41. The quantitative estimate of drug-likeness (QED) is 0.655. The van der Waals surface area contributed by atoms with Crippen LogP contribution in [0.3, 0.4) is 0 Å². The zero-order valence-electron chi connectivity index (χ0n) is 14.6. The Balaban J connectivity index is 1.71. The molecule has 0 unspecified atom stereocenters. The van der Waals surface area contributed by atoms with Crippen LogP contribution in [-0.2, 0) is 16.6 Å². The predicted octanol–water partition coefficient (Wildman–Crippen LogP) is 4.07. The number of rotatable bonds is 5. The minimum atomic E-state index is -3.48. The van der Waals surface area contributed by atoms with E-state index in [1.54, 1.807) is 12.1 Å². The number of carbonyl (C=O) groups is 1. The van der Waals surface area contributed by atoms with Crippen molar-refractivity contribution in [3.05, 3.63) is 56.5 Å². The molecule has 1 heterocycles. The smallest absolute Gasteiger partial charge is 0.256 e. The van der Waals surface area contributed by atoms with Gasteiger partial charge < -0.3 is 10.4 Å². The van der Waals surface area contributed by atoms with Gasteiger partial charge >= 0.3 is 0 Å². The minimum absolute atomic E-state index is 0.0473. The summed E-state index contributed by atoms with van der Waals surface area (Å²) in [4.78, 5) is 12.6. The normalized spacial score (nSPS) is 15.0. The fourth-order valence-corrected chi connectivity index (χ4v) is 5.13. The zero-order valence-corrected chi connectivity index (χ0v) is 17.7. The molecule has 2 aromatic rings. The molecule has 0 spiro atoms. The molecule has 0 atom stereocenters. The summed E-state index contributed by atoms with van der Waals surface area (Å²) in [5, 5.41) is 12.5. The van der Waals surface area contributed by atoms with Crippen molar-refractivity contribution < 1.29 is 18.3 Å². The summed E-state index contributed by atoms with van der Waals surface area (Å²) in [5.41, 5.74) is 0.463. The maximum absolute atomic E-state index is 12.5. The molecule has 2 aromatic carbocycles. The molecule has 28 heavy (non-hydrogen) atoms. The van der Waals surface area contributed by atoms with Crippen LogP contribution in [0.2, 0.25) is 15.1 Å². The summed E-state index contributed by atoms with van der Waals surface area (Å²) in [6, 6.07) is 7.51. The van der Waals surface area contributed by atoms with Crippen LogP contribution in [0.5, 0.6) is 5.75 Å². The molecule has 0 bridgehead atoms. The monoisotopic (exact) mass is 462 g/mol.